The van der Waals surface area contributed by atoms with Crippen LogP contribution in [0.25, 0.3) is 0 Å². The average Bonchev–Trinajstić information content (AvgIpc) is 2.43. The number of rotatable bonds is 4. The van der Waals surface area contributed by atoms with Gasteiger partial charge in [-0.05, 0) is 55.2 Å². The van der Waals surface area contributed by atoms with Crippen molar-refractivity contribution in [1.29, 1.82) is 0 Å². The molecule has 0 aliphatic carbocycles. The topological polar surface area (TPSA) is 21.3 Å². The van der Waals surface area contributed by atoms with E-state index < -0.39 is 0 Å². The molecule has 0 aliphatic heterocycles. The average molecular weight is 290 g/mol. The van der Waals surface area contributed by atoms with Crippen molar-refractivity contribution in [2.24, 2.45) is 0 Å². The van der Waals surface area contributed by atoms with Crippen LogP contribution in [0.1, 0.15) is 22.3 Å². The molecule has 1 N–H and O–H groups in total. The van der Waals surface area contributed by atoms with Gasteiger partial charge in [0, 0.05) is 18.3 Å². The number of hydrogen-bond acceptors (Lipinski definition) is 2. The maximum atomic E-state index is 6.02. The monoisotopic (exact) mass is 289 g/mol. The van der Waals surface area contributed by atoms with Gasteiger partial charge in [-0.15, -0.1) is 0 Å². The van der Waals surface area contributed by atoms with Crippen molar-refractivity contribution in [2.45, 2.75) is 27.3 Å². The van der Waals surface area contributed by atoms with E-state index in [1.807, 2.05) is 18.2 Å². The quantitative estimate of drug-likeness (QED) is 0.865. The Morgan fingerprint density at radius 1 is 1.00 bits per heavy atom. The molecule has 0 fully saturated rings. The van der Waals surface area contributed by atoms with Crippen molar-refractivity contribution in [2.75, 3.05) is 12.4 Å². The predicted octanol–water partition coefficient (Wildman–Crippen LogP) is 4.89. The summed E-state index contributed by atoms with van der Waals surface area (Å²) < 4.78 is 5.22. The molecule has 0 unspecified atom stereocenters. The van der Waals surface area contributed by atoms with E-state index in [9.17, 15) is 0 Å². The van der Waals surface area contributed by atoms with Crippen LogP contribution in [0.4, 0.5) is 5.69 Å². The van der Waals surface area contributed by atoms with Crippen molar-refractivity contribution >= 4 is 17.3 Å². The van der Waals surface area contributed by atoms with Crippen molar-refractivity contribution < 1.29 is 4.74 Å². The van der Waals surface area contributed by atoms with Crippen molar-refractivity contribution in [3.8, 4) is 5.75 Å². The number of hydrogen-bond donors (Lipinski definition) is 1. The molecule has 0 aromatic heterocycles. The van der Waals surface area contributed by atoms with Crippen LogP contribution in [0.3, 0.4) is 0 Å². The molecule has 2 nitrogen and oxygen atoms in total. The van der Waals surface area contributed by atoms with Crippen LogP contribution < -0.4 is 10.1 Å². The first-order valence-corrected chi connectivity index (χ1v) is 7.03. The zero-order chi connectivity index (χ0) is 14.7. The van der Waals surface area contributed by atoms with E-state index in [0.717, 1.165) is 12.2 Å². The number of nitrogens with one attached hydrogen (secondary N) is 1. The number of ether oxygens (including phenoxy) is 1. The summed E-state index contributed by atoms with van der Waals surface area (Å²) in [6, 6.07) is 10.2. The summed E-state index contributed by atoms with van der Waals surface area (Å²) in [6.45, 7) is 7.22. The fraction of sp³-hybridized carbons (Fsp3) is 0.294. The fourth-order valence-electron chi connectivity index (χ4n) is 2.18. The van der Waals surface area contributed by atoms with E-state index in [1.54, 1.807) is 7.11 Å². The van der Waals surface area contributed by atoms with Crippen LogP contribution in [-0.4, -0.2) is 7.11 Å². The highest BCUT2D eigenvalue weighted by Gasteiger charge is 2.04. The second-order valence-electron chi connectivity index (χ2n) is 5.07. The zero-order valence-electron chi connectivity index (χ0n) is 12.4. The maximum absolute atomic E-state index is 6.02. The molecule has 20 heavy (non-hydrogen) atoms. The van der Waals surface area contributed by atoms with E-state index in [1.165, 1.54) is 22.3 Å². The highest BCUT2D eigenvalue weighted by molar-refractivity contribution is 6.32. The summed E-state index contributed by atoms with van der Waals surface area (Å²) in [7, 11) is 1.62. The van der Waals surface area contributed by atoms with E-state index in [-0.39, 0.29) is 0 Å². The van der Waals surface area contributed by atoms with Gasteiger partial charge in [-0.3, -0.25) is 0 Å². The molecule has 0 saturated heterocycles. The first kappa shape index (κ1) is 14.7. The van der Waals surface area contributed by atoms with Gasteiger partial charge in [0.1, 0.15) is 5.75 Å². The van der Waals surface area contributed by atoms with Crippen LogP contribution in [0.5, 0.6) is 5.75 Å². The van der Waals surface area contributed by atoms with E-state index in [2.05, 4.69) is 38.2 Å². The van der Waals surface area contributed by atoms with Gasteiger partial charge in [-0.2, -0.15) is 0 Å². The number of benzene rings is 2. The number of methoxy groups -OCH3 is 1. The van der Waals surface area contributed by atoms with Crippen LogP contribution in [0, 0.1) is 20.8 Å². The lowest BCUT2D eigenvalue weighted by atomic mass is 10.0. The second-order valence-corrected chi connectivity index (χ2v) is 5.47. The molecule has 3 heteroatoms. The van der Waals surface area contributed by atoms with Gasteiger partial charge in [0.15, 0.2) is 0 Å². The zero-order valence-corrected chi connectivity index (χ0v) is 13.1. The molecular weight excluding hydrogens is 270 g/mol. The minimum absolute atomic E-state index is 0.625. The molecule has 0 heterocycles. The third kappa shape index (κ3) is 3.26. The maximum Gasteiger partial charge on any atom is 0.139 e. The molecule has 106 valence electrons. The number of anilines is 1. The van der Waals surface area contributed by atoms with Crippen LogP contribution >= 0.6 is 11.6 Å². The largest absolute Gasteiger partial charge is 0.495 e. The molecular formula is C17H20ClNO. The second kappa shape index (κ2) is 6.19. The molecule has 2 aromatic carbocycles. The molecule has 0 amide bonds. The van der Waals surface area contributed by atoms with Gasteiger partial charge < -0.3 is 10.1 Å². The molecule has 0 spiro atoms. The highest BCUT2D eigenvalue weighted by Crippen LogP contribution is 2.27. The number of aryl methyl sites for hydroxylation is 3. The summed E-state index contributed by atoms with van der Waals surface area (Å²) >= 11 is 6.02. The molecule has 0 atom stereocenters. The SMILES string of the molecule is COc1cc(NCc2cc(C)c(C)cc2C)ccc1Cl. The lowest BCUT2D eigenvalue weighted by Crippen LogP contribution is -2.02. The minimum Gasteiger partial charge on any atom is -0.495 e. The Morgan fingerprint density at radius 3 is 2.40 bits per heavy atom. The Kier molecular flexibility index (Phi) is 4.56. The Morgan fingerprint density at radius 2 is 1.70 bits per heavy atom. The van der Waals surface area contributed by atoms with Gasteiger partial charge in [0.25, 0.3) is 0 Å². The first-order chi connectivity index (χ1) is 9.51. The summed E-state index contributed by atoms with van der Waals surface area (Å²) in [5.41, 5.74) is 6.27. The Balaban J connectivity index is 2.14. The summed E-state index contributed by atoms with van der Waals surface area (Å²) in [6.07, 6.45) is 0. The van der Waals surface area contributed by atoms with E-state index in [4.69, 9.17) is 16.3 Å². The van der Waals surface area contributed by atoms with Gasteiger partial charge in [-0.1, -0.05) is 23.7 Å². The third-order valence-electron chi connectivity index (χ3n) is 3.59. The van der Waals surface area contributed by atoms with Crippen molar-refractivity contribution in [1.82, 2.24) is 0 Å². The molecule has 0 aliphatic rings. The highest BCUT2D eigenvalue weighted by atomic mass is 35.5. The minimum atomic E-state index is 0.625. The molecule has 0 radical (unpaired) electrons. The normalized spacial score (nSPS) is 10.4. The van der Waals surface area contributed by atoms with Gasteiger partial charge in [-0.25, -0.2) is 0 Å². The molecule has 2 rings (SSSR count). The third-order valence-corrected chi connectivity index (χ3v) is 3.90. The lowest BCUT2D eigenvalue weighted by Gasteiger charge is -2.13. The van der Waals surface area contributed by atoms with Gasteiger partial charge in [0.05, 0.1) is 12.1 Å². The van der Waals surface area contributed by atoms with E-state index in [0.29, 0.717) is 10.8 Å². The molecule has 0 saturated carbocycles. The van der Waals surface area contributed by atoms with Gasteiger partial charge >= 0.3 is 0 Å². The fourth-order valence-corrected chi connectivity index (χ4v) is 2.37. The summed E-state index contributed by atoms with van der Waals surface area (Å²) in [5, 5.41) is 4.04. The first-order valence-electron chi connectivity index (χ1n) is 6.65. The Hall–Kier alpha value is -1.67. The van der Waals surface area contributed by atoms with Crippen molar-refractivity contribution in [3.63, 3.8) is 0 Å². The number of halogens is 1. The summed E-state index contributed by atoms with van der Waals surface area (Å²) in [4.78, 5) is 0. The van der Waals surface area contributed by atoms with E-state index >= 15 is 0 Å². The Bertz CT molecular complexity index is 623. The lowest BCUT2D eigenvalue weighted by molar-refractivity contribution is 0.415. The molecule has 0 bridgehead atoms. The van der Waals surface area contributed by atoms with Crippen molar-refractivity contribution in [3.05, 3.63) is 57.6 Å². The molecule has 2 aromatic rings. The smallest absolute Gasteiger partial charge is 0.139 e. The van der Waals surface area contributed by atoms with Crippen LogP contribution in [0.2, 0.25) is 5.02 Å². The summed E-state index contributed by atoms with van der Waals surface area (Å²) in [5.74, 6) is 0.688. The Labute approximate surface area is 125 Å². The standard InChI is InChI=1S/C17H20ClNO/c1-11-7-13(3)14(8-12(11)2)10-19-15-5-6-16(18)17(9-15)20-4/h5-9,19H,10H2,1-4H3. The predicted molar refractivity (Wildman–Crippen MR) is 86.0 cm³/mol. The van der Waals surface area contributed by atoms with Gasteiger partial charge in [0.2, 0.25) is 0 Å². The van der Waals surface area contributed by atoms with Crippen LogP contribution in [-0.2, 0) is 6.54 Å². The van der Waals surface area contributed by atoms with Crippen LogP contribution in [0.15, 0.2) is 30.3 Å².